The van der Waals surface area contributed by atoms with Gasteiger partial charge in [0, 0.05) is 37.9 Å². The van der Waals surface area contributed by atoms with E-state index in [-0.39, 0.29) is 5.54 Å². The molecule has 4 heteroatoms. The lowest BCUT2D eigenvalue weighted by Gasteiger charge is -2.42. The molecule has 0 radical (unpaired) electrons. The smallest absolute Gasteiger partial charge is 0.0484 e. The van der Waals surface area contributed by atoms with Crippen LogP contribution in [-0.4, -0.2) is 67.8 Å². The molecule has 2 atom stereocenters. The molecule has 2 N–H and O–H groups in total. The Labute approximate surface area is 118 Å². The summed E-state index contributed by atoms with van der Waals surface area (Å²) in [7, 11) is 2.27. The van der Waals surface area contributed by atoms with Gasteiger partial charge in [0.05, 0.1) is 0 Å². The average molecular weight is 269 g/mol. The third-order valence-electron chi connectivity index (χ3n) is 5.22. The SMILES string of the molecule is CCN1CCCC1CN(C)C1(CN)CCCOCC1. The second kappa shape index (κ2) is 7.02. The summed E-state index contributed by atoms with van der Waals surface area (Å²) in [5, 5.41) is 0. The second-order valence-corrected chi connectivity index (χ2v) is 6.20. The first-order valence-corrected chi connectivity index (χ1v) is 7.95. The lowest BCUT2D eigenvalue weighted by Crippen LogP contribution is -2.55. The maximum Gasteiger partial charge on any atom is 0.0484 e. The van der Waals surface area contributed by atoms with E-state index in [2.05, 4.69) is 23.8 Å². The first kappa shape index (κ1) is 15.2. The highest BCUT2D eigenvalue weighted by Crippen LogP contribution is 2.28. The minimum Gasteiger partial charge on any atom is -0.381 e. The zero-order chi connectivity index (χ0) is 13.7. The van der Waals surface area contributed by atoms with Gasteiger partial charge in [-0.15, -0.1) is 0 Å². The zero-order valence-electron chi connectivity index (χ0n) is 12.7. The van der Waals surface area contributed by atoms with Crippen molar-refractivity contribution in [2.45, 2.75) is 50.6 Å². The van der Waals surface area contributed by atoms with E-state index in [0.717, 1.165) is 45.2 Å². The lowest BCUT2D eigenvalue weighted by molar-refractivity contribution is 0.0674. The molecule has 2 fully saturated rings. The highest BCUT2D eigenvalue weighted by Gasteiger charge is 2.36. The van der Waals surface area contributed by atoms with Crippen molar-refractivity contribution in [2.75, 3.05) is 46.4 Å². The van der Waals surface area contributed by atoms with Crippen LogP contribution in [-0.2, 0) is 4.74 Å². The van der Waals surface area contributed by atoms with E-state index in [1.807, 2.05) is 0 Å². The fraction of sp³-hybridized carbons (Fsp3) is 1.00. The molecule has 4 nitrogen and oxygen atoms in total. The minimum absolute atomic E-state index is 0.165. The average Bonchev–Trinajstić information content (AvgIpc) is 2.73. The van der Waals surface area contributed by atoms with Crippen LogP contribution in [0.15, 0.2) is 0 Å². The Balaban J connectivity index is 1.97. The van der Waals surface area contributed by atoms with E-state index >= 15 is 0 Å². The summed E-state index contributed by atoms with van der Waals surface area (Å²) in [5.74, 6) is 0. The van der Waals surface area contributed by atoms with Crippen molar-refractivity contribution in [1.29, 1.82) is 0 Å². The van der Waals surface area contributed by atoms with Crippen molar-refractivity contribution in [2.24, 2.45) is 5.73 Å². The fourth-order valence-corrected chi connectivity index (χ4v) is 3.76. The molecule has 0 aromatic carbocycles. The fourth-order valence-electron chi connectivity index (χ4n) is 3.76. The Bertz CT molecular complexity index is 264. The van der Waals surface area contributed by atoms with Crippen molar-refractivity contribution in [1.82, 2.24) is 9.80 Å². The number of rotatable bonds is 5. The molecule has 0 bridgehead atoms. The van der Waals surface area contributed by atoms with Crippen LogP contribution in [0.5, 0.6) is 0 Å². The molecule has 2 rings (SSSR count). The minimum atomic E-state index is 0.165. The molecule has 2 unspecified atom stereocenters. The molecule has 2 aliphatic rings. The summed E-state index contributed by atoms with van der Waals surface area (Å²) in [6.07, 6.45) is 6.10. The lowest BCUT2D eigenvalue weighted by atomic mass is 9.88. The Morgan fingerprint density at radius 1 is 1.32 bits per heavy atom. The van der Waals surface area contributed by atoms with Gasteiger partial charge < -0.3 is 10.5 Å². The molecule has 2 aliphatic heterocycles. The van der Waals surface area contributed by atoms with Crippen LogP contribution >= 0.6 is 0 Å². The summed E-state index contributed by atoms with van der Waals surface area (Å²) in [6.45, 7) is 8.40. The Morgan fingerprint density at radius 3 is 2.89 bits per heavy atom. The molecular weight excluding hydrogens is 238 g/mol. The predicted molar refractivity (Wildman–Crippen MR) is 79.4 cm³/mol. The monoisotopic (exact) mass is 269 g/mol. The first-order chi connectivity index (χ1) is 9.22. The van der Waals surface area contributed by atoms with Crippen LogP contribution < -0.4 is 5.73 Å². The Kier molecular flexibility index (Phi) is 5.63. The van der Waals surface area contributed by atoms with Gasteiger partial charge in [0.2, 0.25) is 0 Å². The maximum atomic E-state index is 6.14. The van der Waals surface area contributed by atoms with E-state index in [9.17, 15) is 0 Å². The molecule has 0 aromatic heterocycles. The summed E-state index contributed by atoms with van der Waals surface area (Å²) in [6, 6.07) is 0.725. The summed E-state index contributed by atoms with van der Waals surface area (Å²) in [4.78, 5) is 5.16. The van der Waals surface area contributed by atoms with Gasteiger partial charge >= 0.3 is 0 Å². The number of likely N-dealkylation sites (N-methyl/N-ethyl adjacent to an activating group) is 2. The predicted octanol–water partition coefficient (Wildman–Crippen LogP) is 1.30. The molecule has 2 heterocycles. The number of hydrogen-bond donors (Lipinski definition) is 1. The molecule has 2 saturated heterocycles. The van der Waals surface area contributed by atoms with Crippen LogP contribution in [0.2, 0.25) is 0 Å². The van der Waals surface area contributed by atoms with Gasteiger partial charge in [-0.1, -0.05) is 6.92 Å². The number of nitrogens with zero attached hydrogens (tertiary/aromatic N) is 2. The number of hydrogen-bond acceptors (Lipinski definition) is 4. The van der Waals surface area contributed by atoms with E-state index in [1.165, 1.54) is 32.4 Å². The summed E-state index contributed by atoms with van der Waals surface area (Å²) in [5.41, 5.74) is 6.30. The van der Waals surface area contributed by atoms with Gasteiger partial charge in [0.25, 0.3) is 0 Å². The van der Waals surface area contributed by atoms with Gasteiger partial charge in [-0.3, -0.25) is 9.80 Å². The van der Waals surface area contributed by atoms with Gasteiger partial charge in [0.15, 0.2) is 0 Å². The van der Waals surface area contributed by atoms with Crippen molar-refractivity contribution >= 4 is 0 Å². The van der Waals surface area contributed by atoms with Crippen molar-refractivity contribution < 1.29 is 4.74 Å². The van der Waals surface area contributed by atoms with Gasteiger partial charge in [-0.05, 0) is 52.2 Å². The van der Waals surface area contributed by atoms with E-state index in [0.29, 0.717) is 0 Å². The third kappa shape index (κ3) is 3.48. The number of ether oxygens (including phenoxy) is 1. The number of nitrogens with two attached hydrogens (primary N) is 1. The van der Waals surface area contributed by atoms with Gasteiger partial charge in [0.1, 0.15) is 0 Å². The summed E-state index contributed by atoms with van der Waals surface area (Å²) >= 11 is 0. The van der Waals surface area contributed by atoms with Crippen LogP contribution in [0.4, 0.5) is 0 Å². The molecular formula is C15H31N3O. The molecule has 0 saturated carbocycles. The molecule has 0 amide bonds. The summed E-state index contributed by atoms with van der Waals surface area (Å²) < 4.78 is 5.62. The zero-order valence-corrected chi connectivity index (χ0v) is 12.7. The third-order valence-corrected chi connectivity index (χ3v) is 5.22. The maximum absolute atomic E-state index is 6.14. The van der Waals surface area contributed by atoms with Gasteiger partial charge in [-0.2, -0.15) is 0 Å². The van der Waals surface area contributed by atoms with E-state index < -0.39 is 0 Å². The molecule has 112 valence electrons. The van der Waals surface area contributed by atoms with Crippen LogP contribution in [0.3, 0.4) is 0 Å². The van der Waals surface area contributed by atoms with Gasteiger partial charge in [-0.25, -0.2) is 0 Å². The second-order valence-electron chi connectivity index (χ2n) is 6.20. The van der Waals surface area contributed by atoms with Crippen LogP contribution in [0.25, 0.3) is 0 Å². The normalized spacial score (nSPS) is 33.8. The Hall–Kier alpha value is -0.160. The Morgan fingerprint density at radius 2 is 2.16 bits per heavy atom. The van der Waals surface area contributed by atoms with Crippen molar-refractivity contribution in [3.05, 3.63) is 0 Å². The molecule has 19 heavy (non-hydrogen) atoms. The highest BCUT2D eigenvalue weighted by atomic mass is 16.5. The molecule has 0 spiro atoms. The van der Waals surface area contributed by atoms with Crippen molar-refractivity contribution in [3.63, 3.8) is 0 Å². The largest absolute Gasteiger partial charge is 0.381 e. The topological polar surface area (TPSA) is 41.7 Å². The highest BCUT2D eigenvalue weighted by molar-refractivity contribution is 4.94. The number of likely N-dealkylation sites (tertiary alicyclic amines) is 1. The molecule has 0 aromatic rings. The van der Waals surface area contributed by atoms with Crippen LogP contribution in [0, 0.1) is 0 Å². The quantitative estimate of drug-likeness (QED) is 0.817. The van der Waals surface area contributed by atoms with Crippen molar-refractivity contribution in [3.8, 4) is 0 Å². The van der Waals surface area contributed by atoms with Crippen LogP contribution in [0.1, 0.15) is 39.0 Å². The van der Waals surface area contributed by atoms with E-state index in [1.54, 1.807) is 0 Å². The first-order valence-electron chi connectivity index (χ1n) is 7.95. The molecule has 0 aliphatic carbocycles. The standard InChI is InChI=1S/C15H31N3O/c1-3-18-9-4-6-14(18)12-17(2)15(13-16)7-5-10-19-11-8-15/h14H,3-13,16H2,1-2H3. The van der Waals surface area contributed by atoms with E-state index in [4.69, 9.17) is 10.5 Å².